The molecule has 3 aromatic rings. The number of pyridine rings is 1. The summed E-state index contributed by atoms with van der Waals surface area (Å²) >= 11 is 0. The average Bonchev–Trinajstić information content (AvgIpc) is 3.22. The Bertz CT molecular complexity index is 800. The number of aromatic nitrogens is 3. The summed E-state index contributed by atoms with van der Waals surface area (Å²) in [4.78, 5) is 11.3. The number of benzene rings is 1. The van der Waals surface area contributed by atoms with Crippen LogP contribution in [0.2, 0.25) is 0 Å². The van der Waals surface area contributed by atoms with Crippen molar-refractivity contribution in [2.75, 3.05) is 13.1 Å². The van der Waals surface area contributed by atoms with Crippen LogP contribution in [0.4, 0.5) is 0 Å². The second-order valence-corrected chi connectivity index (χ2v) is 7.18. The van der Waals surface area contributed by atoms with Crippen LogP contribution in [0, 0.1) is 0 Å². The van der Waals surface area contributed by atoms with Gasteiger partial charge in [-0.3, -0.25) is 9.88 Å². The molecule has 4 heteroatoms. The molecule has 0 spiro atoms. The number of hydrogen-bond acceptors (Lipinski definition) is 3. The number of piperidine rings is 1. The Balaban J connectivity index is 1.44. The monoisotopic (exact) mass is 346 g/mol. The molecule has 1 aliphatic heterocycles. The van der Waals surface area contributed by atoms with Crippen LogP contribution in [0.5, 0.6) is 0 Å². The molecule has 26 heavy (non-hydrogen) atoms. The van der Waals surface area contributed by atoms with Gasteiger partial charge >= 0.3 is 0 Å². The van der Waals surface area contributed by atoms with Gasteiger partial charge in [0.1, 0.15) is 0 Å². The Hall–Kier alpha value is -2.46. The summed E-state index contributed by atoms with van der Waals surface area (Å²) in [6.45, 7) is 5.58. The Morgan fingerprint density at radius 1 is 1.00 bits per heavy atom. The lowest BCUT2D eigenvalue weighted by Gasteiger charge is -2.32. The third kappa shape index (κ3) is 3.86. The molecule has 1 fully saturated rings. The fraction of sp³-hybridized carbons (Fsp3) is 0.364. The van der Waals surface area contributed by atoms with Gasteiger partial charge in [0.05, 0.1) is 12.0 Å². The number of imidazole rings is 1. The first kappa shape index (κ1) is 17.0. The number of hydrogen-bond donors (Lipinski definition) is 0. The molecule has 0 amide bonds. The summed E-state index contributed by atoms with van der Waals surface area (Å²) < 4.78 is 2.05. The molecule has 1 aromatic carbocycles. The smallest absolute Gasteiger partial charge is 0.0949 e. The van der Waals surface area contributed by atoms with Gasteiger partial charge in [0.25, 0.3) is 0 Å². The van der Waals surface area contributed by atoms with E-state index in [-0.39, 0.29) is 0 Å². The second-order valence-electron chi connectivity index (χ2n) is 7.18. The first-order chi connectivity index (χ1) is 12.8. The standard InChI is InChI=1S/C22H26N4/c1-18(26-12-3-2-4-13-26)20-6-8-21(9-7-20)22-10-5-19(15-24-22)16-25-14-11-23-17-25/h5-11,14-15,17-18H,2-4,12-13,16H2,1H3/t18-/m0/s1. The van der Waals surface area contributed by atoms with E-state index in [1.54, 1.807) is 6.20 Å². The molecule has 1 atom stereocenters. The number of nitrogens with zero attached hydrogens (tertiary/aromatic N) is 4. The summed E-state index contributed by atoms with van der Waals surface area (Å²) in [5.41, 5.74) is 4.78. The fourth-order valence-electron chi connectivity index (χ4n) is 3.73. The van der Waals surface area contributed by atoms with Gasteiger partial charge in [-0.25, -0.2) is 4.98 Å². The largest absolute Gasteiger partial charge is 0.333 e. The van der Waals surface area contributed by atoms with Gasteiger partial charge in [0.15, 0.2) is 0 Å². The van der Waals surface area contributed by atoms with Crippen LogP contribution < -0.4 is 0 Å². The lowest BCUT2D eigenvalue weighted by molar-refractivity contribution is 0.175. The minimum Gasteiger partial charge on any atom is -0.333 e. The molecule has 3 heterocycles. The van der Waals surface area contributed by atoms with Gasteiger partial charge in [-0.05, 0) is 50.0 Å². The first-order valence-electron chi connectivity index (χ1n) is 9.55. The van der Waals surface area contributed by atoms with Gasteiger partial charge in [0.2, 0.25) is 0 Å². The molecule has 0 bridgehead atoms. The van der Waals surface area contributed by atoms with Crippen molar-refractivity contribution in [3.8, 4) is 11.3 Å². The van der Waals surface area contributed by atoms with E-state index < -0.39 is 0 Å². The van der Waals surface area contributed by atoms with Crippen molar-refractivity contribution < 1.29 is 0 Å². The van der Waals surface area contributed by atoms with Crippen molar-refractivity contribution in [2.45, 2.75) is 38.8 Å². The van der Waals surface area contributed by atoms with Crippen LogP contribution in [0.15, 0.2) is 61.3 Å². The van der Waals surface area contributed by atoms with Crippen molar-refractivity contribution in [1.29, 1.82) is 0 Å². The van der Waals surface area contributed by atoms with Crippen molar-refractivity contribution >= 4 is 0 Å². The molecule has 1 aliphatic rings. The highest BCUT2D eigenvalue weighted by Crippen LogP contribution is 2.26. The molecular formula is C22H26N4. The molecule has 134 valence electrons. The van der Waals surface area contributed by atoms with E-state index in [4.69, 9.17) is 0 Å². The zero-order valence-corrected chi connectivity index (χ0v) is 15.4. The minimum absolute atomic E-state index is 0.495. The van der Waals surface area contributed by atoms with Gasteiger partial charge in [0, 0.05) is 36.7 Å². The third-order valence-corrected chi connectivity index (χ3v) is 5.38. The van der Waals surface area contributed by atoms with Crippen LogP contribution in [-0.2, 0) is 6.54 Å². The normalized spacial score (nSPS) is 16.5. The highest BCUT2D eigenvalue weighted by Gasteiger charge is 2.18. The predicted molar refractivity (Wildman–Crippen MR) is 105 cm³/mol. The zero-order valence-electron chi connectivity index (χ0n) is 15.4. The highest BCUT2D eigenvalue weighted by atomic mass is 15.2. The topological polar surface area (TPSA) is 34.0 Å². The molecule has 0 aliphatic carbocycles. The highest BCUT2D eigenvalue weighted by molar-refractivity contribution is 5.59. The lowest BCUT2D eigenvalue weighted by Crippen LogP contribution is -2.32. The van der Waals surface area contributed by atoms with Gasteiger partial charge < -0.3 is 4.57 Å². The lowest BCUT2D eigenvalue weighted by atomic mass is 10.0. The van der Waals surface area contributed by atoms with Gasteiger partial charge in [-0.2, -0.15) is 0 Å². The Morgan fingerprint density at radius 2 is 1.81 bits per heavy atom. The van der Waals surface area contributed by atoms with Gasteiger partial charge in [-0.15, -0.1) is 0 Å². The summed E-state index contributed by atoms with van der Waals surface area (Å²) in [5.74, 6) is 0. The van der Waals surface area contributed by atoms with Crippen LogP contribution in [0.25, 0.3) is 11.3 Å². The van der Waals surface area contributed by atoms with Crippen LogP contribution in [-0.4, -0.2) is 32.5 Å². The summed E-state index contributed by atoms with van der Waals surface area (Å²) in [6.07, 6.45) is 11.6. The maximum atomic E-state index is 4.65. The van der Waals surface area contributed by atoms with E-state index in [1.807, 2.05) is 23.3 Å². The number of rotatable bonds is 5. The van der Waals surface area contributed by atoms with E-state index in [9.17, 15) is 0 Å². The Labute approximate surface area is 155 Å². The van der Waals surface area contributed by atoms with Crippen molar-refractivity contribution in [3.63, 3.8) is 0 Å². The van der Waals surface area contributed by atoms with E-state index in [2.05, 4.69) is 58.2 Å². The second kappa shape index (κ2) is 7.83. The summed E-state index contributed by atoms with van der Waals surface area (Å²) in [5, 5.41) is 0. The maximum absolute atomic E-state index is 4.65. The summed E-state index contributed by atoms with van der Waals surface area (Å²) in [6, 6.07) is 13.7. The van der Waals surface area contributed by atoms with Crippen LogP contribution in [0.1, 0.15) is 43.4 Å². The fourth-order valence-corrected chi connectivity index (χ4v) is 3.73. The molecule has 0 N–H and O–H groups in total. The van der Waals surface area contributed by atoms with E-state index >= 15 is 0 Å². The van der Waals surface area contributed by atoms with E-state index in [0.29, 0.717) is 6.04 Å². The molecule has 1 saturated heterocycles. The molecular weight excluding hydrogens is 320 g/mol. The SMILES string of the molecule is C[C@@H](c1ccc(-c2ccc(Cn3ccnc3)cn2)cc1)N1CCCCC1. The molecule has 0 radical (unpaired) electrons. The third-order valence-electron chi connectivity index (χ3n) is 5.38. The molecule has 0 unspecified atom stereocenters. The van der Waals surface area contributed by atoms with Crippen molar-refractivity contribution in [1.82, 2.24) is 19.4 Å². The minimum atomic E-state index is 0.495. The molecule has 2 aromatic heterocycles. The van der Waals surface area contributed by atoms with E-state index in [1.165, 1.54) is 49.0 Å². The molecule has 0 saturated carbocycles. The summed E-state index contributed by atoms with van der Waals surface area (Å²) in [7, 11) is 0. The first-order valence-corrected chi connectivity index (χ1v) is 9.55. The van der Waals surface area contributed by atoms with Gasteiger partial charge in [-0.1, -0.05) is 36.8 Å². The Morgan fingerprint density at radius 3 is 2.46 bits per heavy atom. The molecule has 4 nitrogen and oxygen atoms in total. The predicted octanol–water partition coefficient (Wildman–Crippen LogP) is 4.54. The van der Waals surface area contributed by atoms with Crippen LogP contribution in [0.3, 0.4) is 0 Å². The average molecular weight is 346 g/mol. The molecule has 4 rings (SSSR count). The van der Waals surface area contributed by atoms with Crippen molar-refractivity contribution in [2.24, 2.45) is 0 Å². The maximum Gasteiger partial charge on any atom is 0.0949 e. The van der Waals surface area contributed by atoms with Crippen molar-refractivity contribution in [3.05, 3.63) is 72.4 Å². The van der Waals surface area contributed by atoms with E-state index in [0.717, 1.165) is 12.2 Å². The Kier molecular flexibility index (Phi) is 5.12. The quantitative estimate of drug-likeness (QED) is 0.680. The number of likely N-dealkylation sites (tertiary alicyclic amines) is 1. The zero-order chi connectivity index (χ0) is 17.8. The van der Waals surface area contributed by atoms with Crippen LogP contribution >= 0.6 is 0 Å².